The number of pyridine rings is 1. The number of hydrogen-bond donors (Lipinski definition) is 0. The van der Waals surface area contributed by atoms with Crippen molar-refractivity contribution >= 4 is 22.5 Å². The maximum atomic E-state index is 6.24. The average molecular weight is 394 g/mol. The topological polar surface area (TPSA) is 59.0 Å². The monoisotopic (exact) mass is 393 g/mol. The Labute approximate surface area is 163 Å². The van der Waals surface area contributed by atoms with Crippen molar-refractivity contribution in [1.29, 1.82) is 0 Å². The fraction of sp³-hybridized carbons (Fsp3) is 0.550. The lowest BCUT2D eigenvalue weighted by atomic mass is 10.0. The fourth-order valence-electron chi connectivity index (χ4n) is 3.71. The molecular weight excluding hydrogens is 370 g/mol. The molecule has 2 aromatic rings. The van der Waals surface area contributed by atoms with Crippen molar-refractivity contribution in [2.75, 3.05) is 13.7 Å². The standard InChI is InChI=1S/C20H24ClNO5/c1-20(2)26-16-11-14(8-9-24-19(23-3)18(16)27-20)25-13-6-4-12-5-7-17(21)22-15(12)10-13/h4-7,10,14,16,18-19H,8-9,11H2,1-3H3/t14-,16-,18-,19-/m1/s1. The lowest BCUT2D eigenvalue weighted by Crippen LogP contribution is -2.43. The van der Waals surface area contributed by atoms with E-state index in [0.717, 1.165) is 23.1 Å². The Morgan fingerprint density at radius 1 is 1.19 bits per heavy atom. The van der Waals surface area contributed by atoms with Gasteiger partial charge < -0.3 is 23.7 Å². The molecule has 4 atom stereocenters. The van der Waals surface area contributed by atoms with Gasteiger partial charge in [-0.3, -0.25) is 0 Å². The Kier molecular flexibility index (Phi) is 5.27. The molecule has 6 nitrogen and oxygen atoms in total. The number of fused-ring (bicyclic) bond motifs is 2. The van der Waals surface area contributed by atoms with Gasteiger partial charge in [0.15, 0.2) is 12.1 Å². The minimum Gasteiger partial charge on any atom is -0.490 e. The molecule has 0 aliphatic carbocycles. The summed E-state index contributed by atoms with van der Waals surface area (Å²) in [4.78, 5) is 4.36. The second-order valence-electron chi connectivity index (χ2n) is 7.37. The zero-order valence-electron chi connectivity index (χ0n) is 15.7. The molecule has 2 aliphatic rings. The molecule has 3 heterocycles. The van der Waals surface area contributed by atoms with Crippen LogP contribution in [0.4, 0.5) is 0 Å². The molecule has 0 bridgehead atoms. The quantitative estimate of drug-likeness (QED) is 0.736. The lowest BCUT2D eigenvalue weighted by Gasteiger charge is -2.31. The highest BCUT2D eigenvalue weighted by molar-refractivity contribution is 6.29. The van der Waals surface area contributed by atoms with Gasteiger partial charge in [0.2, 0.25) is 0 Å². The van der Waals surface area contributed by atoms with Gasteiger partial charge in [0.25, 0.3) is 0 Å². The van der Waals surface area contributed by atoms with Gasteiger partial charge in [0.1, 0.15) is 23.1 Å². The molecule has 4 rings (SSSR count). The first-order chi connectivity index (χ1) is 12.9. The summed E-state index contributed by atoms with van der Waals surface area (Å²) >= 11 is 6.01. The van der Waals surface area contributed by atoms with Gasteiger partial charge in [-0.15, -0.1) is 0 Å². The van der Waals surface area contributed by atoms with E-state index in [9.17, 15) is 0 Å². The molecule has 2 saturated heterocycles. The number of methoxy groups -OCH3 is 1. The zero-order chi connectivity index (χ0) is 19.0. The predicted molar refractivity (Wildman–Crippen MR) is 101 cm³/mol. The van der Waals surface area contributed by atoms with Crippen LogP contribution in [-0.4, -0.2) is 49.1 Å². The van der Waals surface area contributed by atoms with Crippen LogP contribution in [0.1, 0.15) is 26.7 Å². The van der Waals surface area contributed by atoms with Gasteiger partial charge in [-0.05, 0) is 38.1 Å². The molecule has 27 heavy (non-hydrogen) atoms. The highest BCUT2D eigenvalue weighted by Crippen LogP contribution is 2.36. The molecule has 1 aromatic heterocycles. The minimum atomic E-state index is -0.673. The molecule has 0 N–H and O–H groups in total. The number of halogens is 1. The van der Waals surface area contributed by atoms with Crippen molar-refractivity contribution in [2.45, 2.75) is 57.1 Å². The van der Waals surface area contributed by atoms with Crippen LogP contribution in [0.3, 0.4) is 0 Å². The molecule has 0 saturated carbocycles. The number of aromatic nitrogens is 1. The maximum Gasteiger partial charge on any atom is 0.186 e. The molecule has 2 aliphatic heterocycles. The zero-order valence-corrected chi connectivity index (χ0v) is 16.4. The third-order valence-electron chi connectivity index (χ3n) is 4.87. The Morgan fingerprint density at radius 3 is 2.81 bits per heavy atom. The van der Waals surface area contributed by atoms with Crippen LogP contribution < -0.4 is 4.74 Å². The molecule has 2 fully saturated rings. The third-order valence-corrected chi connectivity index (χ3v) is 5.08. The first-order valence-electron chi connectivity index (χ1n) is 9.16. The smallest absolute Gasteiger partial charge is 0.186 e. The summed E-state index contributed by atoms with van der Waals surface area (Å²) in [6, 6.07) is 9.56. The van der Waals surface area contributed by atoms with Crippen LogP contribution in [-0.2, 0) is 18.9 Å². The minimum absolute atomic E-state index is 0.0653. The lowest BCUT2D eigenvalue weighted by molar-refractivity contribution is -0.214. The van der Waals surface area contributed by atoms with Gasteiger partial charge in [-0.2, -0.15) is 0 Å². The van der Waals surface area contributed by atoms with Gasteiger partial charge in [0, 0.05) is 31.4 Å². The van der Waals surface area contributed by atoms with Crippen LogP contribution in [0.15, 0.2) is 30.3 Å². The summed E-state index contributed by atoms with van der Waals surface area (Å²) in [7, 11) is 1.62. The molecule has 7 heteroatoms. The van der Waals surface area contributed by atoms with Crippen molar-refractivity contribution in [1.82, 2.24) is 4.98 Å². The molecule has 0 radical (unpaired) electrons. The van der Waals surface area contributed by atoms with Crippen LogP contribution >= 0.6 is 11.6 Å². The van der Waals surface area contributed by atoms with Crippen LogP contribution in [0.5, 0.6) is 5.75 Å². The van der Waals surface area contributed by atoms with Crippen molar-refractivity contribution in [3.8, 4) is 5.75 Å². The summed E-state index contributed by atoms with van der Waals surface area (Å²) in [6.07, 6.45) is 0.470. The predicted octanol–water partition coefficient (Wildman–Crippen LogP) is 3.94. The van der Waals surface area contributed by atoms with Crippen molar-refractivity contribution < 1.29 is 23.7 Å². The highest BCUT2D eigenvalue weighted by Gasteiger charge is 2.47. The fourth-order valence-corrected chi connectivity index (χ4v) is 3.86. The van der Waals surface area contributed by atoms with Crippen LogP contribution in [0, 0.1) is 0 Å². The van der Waals surface area contributed by atoms with E-state index in [0.29, 0.717) is 18.2 Å². The number of ether oxygens (including phenoxy) is 5. The first-order valence-corrected chi connectivity index (χ1v) is 9.54. The Balaban J connectivity index is 1.52. The van der Waals surface area contributed by atoms with Crippen LogP contribution in [0.2, 0.25) is 5.15 Å². The van der Waals surface area contributed by atoms with Crippen molar-refractivity contribution in [3.63, 3.8) is 0 Å². The highest BCUT2D eigenvalue weighted by atomic mass is 35.5. The van der Waals surface area contributed by atoms with E-state index in [4.69, 9.17) is 35.3 Å². The summed E-state index contributed by atoms with van der Waals surface area (Å²) in [6.45, 7) is 4.33. The molecule has 0 spiro atoms. The number of hydrogen-bond acceptors (Lipinski definition) is 6. The van der Waals surface area contributed by atoms with Crippen molar-refractivity contribution in [3.05, 3.63) is 35.5 Å². The summed E-state index contributed by atoms with van der Waals surface area (Å²) < 4.78 is 29.6. The molecule has 1 aromatic carbocycles. The van der Waals surface area contributed by atoms with E-state index >= 15 is 0 Å². The molecule has 0 amide bonds. The molecular formula is C20H24ClNO5. The summed E-state index contributed by atoms with van der Waals surface area (Å²) in [5, 5.41) is 1.48. The molecule has 0 unspecified atom stereocenters. The second-order valence-corrected chi connectivity index (χ2v) is 7.75. The Bertz CT molecular complexity index is 814. The SMILES string of the molecule is CO[C@@H]1OCC[C@@H](Oc2ccc3ccc(Cl)nc3c2)C[C@H]2OC(C)(C)O[C@@H]12. The van der Waals surface area contributed by atoms with E-state index < -0.39 is 12.1 Å². The van der Waals surface area contributed by atoms with Gasteiger partial charge >= 0.3 is 0 Å². The summed E-state index contributed by atoms with van der Waals surface area (Å²) in [5.41, 5.74) is 0.806. The largest absolute Gasteiger partial charge is 0.490 e. The number of nitrogens with zero attached hydrogens (tertiary/aromatic N) is 1. The van der Waals surface area contributed by atoms with E-state index in [1.165, 1.54) is 0 Å². The van der Waals surface area contributed by atoms with E-state index in [1.807, 2.05) is 38.1 Å². The second kappa shape index (κ2) is 7.53. The van der Waals surface area contributed by atoms with Gasteiger partial charge in [-0.1, -0.05) is 11.6 Å². The van der Waals surface area contributed by atoms with E-state index in [1.54, 1.807) is 13.2 Å². The number of rotatable bonds is 3. The average Bonchev–Trinajstić information content (AvgIpc) is 2.90. The Morgan fingerprint density at radius 2 is 2.00 bits per heavy atom. The summed E-state index contributed by atoms with van der Waals surface area (Å²) in [5.74, 6) is 0.0782. The van der Waals surface area contributed by atoms with Gasteiger partial charge in [-0.25, -0.2) is 4.98 Å². The van der Waals surface area contributed by atoms with Crippen molar-refractivity contribution in [2.24, 2.45) is 0 Å². The molecule has 146 valence electrons. The third kappa shape index (κ3) is 4.20. The van der Waals surface area contributed by atoms with Crippen LogP contribution in [0.25, 0.3) is 10.9 Å². The van der Waals surface area contributed by atoms with E-state index in [2.05, 4.69) is 4.98 Å². The first kappa shape index (κ1) is 18.9. The number of benzene rings is 1. The normalized spacial score (nSPS) is 30.5. The van der Waals surface area contributed by atoms with Gasteiger partial charge in [0.05, 0.1) is 18.2 Å². The van der Waals surface area contributed by atoms with E-state index in [-0.39, 0.29) is 18.3 Å². The Hall–Kier alpha value is -1.44. The maximum absolute atomic E-state index is 6.24.